The molecule has 0 atom stereocenters. The van der Waals surface area contributed by atoms with Gasteiger partial charge < -0.3 is 15.6 Å². The Labute approximate surface area is 125 Å². The summed E-state index contributed by atoms with van der Waals surface area (Å²) in [5.74, 6) is 0.801. The van der Waals surface area contributed by atoms with Crippen molar-refractivity contribution < 1.29 is 9.84 Å². The minimum Gasteiger partial charge on any atom is -0.494 e. The fraction of sp³-hybridized carbons (Fsp3) is 0.533. The zero-order chi connectivity index (χ0) is 14.4. The van der Waals surface area contributed by atoms with Crippen molar-refractivity contribution in [3.63, 3.8) is 0 Å². The fourth-order valence-electron chi connectivity index (χ4n) is 2.24. The molecule has 2 rings (SSSR count). The maximum absolute atomic E-state index is 9.03. The molecule has 0 bridgehead atoms. The molecule has 4 nitrogen and oxygen atoms in total. The Morgan fingerprint density at radius 2 is 2.20 bits per heavy atom. The maximum Gasteiger partial charge on any atom is 0.119 e. The van der Waals surface area contributed by atoms with Crippen LogP contribution in [-0.2, 0) is 0 Å². The van der Waals surface area contributed by atoms with Crippen LogP contribution < -0.4 is 10.5 Å². The lowest BCUT2D eigenvalue weighted by atomic mass is 10.2. The number of aliphatic hydroxyl groups is 1. The topological polar surface area (TPSA) is 58.7 Å². The first kappa shape index (κ1) is 15.2. The smallest absolute Gasteiger partial charge is 0.119 e. The zero-order valence-corrected chi connectivity index (χ0v) is 12.4. The number of hydrogen-bond donors (Lipinski definition) is 2. The van der Waals surface area contributed by atoms with E-state index in [9.17, 15) is 0 Å². The van der Waals surface area contributed by atoms with Gasteiger partial charge >= 0.3 is 0 Å². The molecule has 0 amide bonds. The highest BCUT2D eigenvalue weighted by Crippen LogP contribution is 2.26. The van der Waals surface area contributed by atoms with Gasteiger partial charge in [0.1, 0.15) is 10.7 Å². The lowest BCUT2D eigenvalue weighted by Crippen LogP contribution is -2.31. The first-order valence-corrected chi connectivity index (χ1v) is 7.49. The third-order valence-corrected chi connectivity index (χ3v) is 3.66. The maximum atomic E-state index is 9.03. The molecule has 1 aromatic carbocycles. The molecule has 0 spiro atoms. The molecule has 5 heteroatoms. The van der Waals surface area contributed by atoms with E-state index >= 15 is 0 Å². The van der Waals surface area contributed by atoms with E-state index in [-0.39, 0.29) is 6.61 Å². The standard InChI is InChI=1S/C15H22N2O2S/c16-15(20)12-3-1-4-14(11-12)19-10-2-7-17(8-9-18)13-5-6-13/h1,3-4,11,13,18H,2,5-10H2,(H2,16,20). The van der Waals surface area contributed by atoms with E-state index in [1.165, 1.54) is 12.8 Å². The van der Waals surface area contributed by atoms with Gasteiger partial charge in [0.25, 0.3) is 0 Å². The predicted molar refractivity (Wildman–Crippen MR) is 84.1 cm³/mol. The second-order valence-corrected chi connectivity index (χ2v) is 5.52. The minimum absolute atomic E-state index is 0.230. The SMILES string of the molecule is NC(=S)c1cccc(OCCCN(CCO)C2CC2)c1. The molecule has 0 aromatic heterocycles. The molecule has 1 aliphatic carbocycles. The Morgan fingerprint density at radius 3 is 2.85 bits per heavy atom. The Bertz CT molecular complexity index is 449. The number of aliphatic hydroxyl groups excluding tert-OH is 1. The highest BCUT2D eigenvalue weighted by atomic mass is 32.1. The lowest BCUT2D eigenvalue weighted by Gasteiger charge is -2.20. The quantitative estimate of drug-likeness (QED) is 0.534. The van der Waals surface area contributed by atoms with Gasteiger partial charge in [-0.25, -0.2) is 0 Å². The van der Waals surface area contributed by atoms with Gasteiger partial charge in [0.05, 0.1) is 13.2 Å². The Morgan fingerprint density at radius 1 is 1.40 bits per heavy atom. The molecule has 0 saturated heterocycles. The van der Waals surface area contributed by atoms with Crippen LogP contribution >= 0.6 is 12.2 Å². The van der Waals surface area contributed by atoms with E-state index in [1.807, 2.05) is 24.3 Å². The summed E-state index contributed by atoms with van der Waals surface area (Å²) in [7, 11) is 0. The van der Waals surface area contributed by atoms with E-state index in [1.54, 1.807) is 0 Å². The lowest BCUT2D eigenvalue weighted by molar-refractivity contribution is 0.177. The van der Waals surface area contributed by atoms with Crippen molar-refractivity contribution in [3.8, 4) is 5.75 Å². The Hall–Kier alpha value is -1.17. The molecule has 1 aromatic rings. The van der Waals surface area contributed by atoms with Gasteiger partial charge in [0.2, 0.25) is 0 Å². The molecule has 1 saturated carbocycles. The van der Waals surface area contributed by atoms with Gasteiger partial charge in [-0.05, 0) is 31.4 Å². The summed E-state index contributed by atoms with van der Waals surface area (Å²) < 4.78 is 5.72. The van der Waals surface area contributed by atoms with Crippen molar-refractivity contribution in [2.75, 3.05) is 26.3 Å². The van der Waals surface area contributed by atoms with Crippen LogP contribution in [-0.4, -0.2) is 47.3 Å². The summed E-state index contributed by atoms with van der Waals surface area (Å²) in [5, 5.41) is 9.03. The largest absolute Gasteiger partial charge is 0.494 e. The van der Waals surface area contributed by atoms with Crippen LogP contribution in [0, 0.1) is 0 Å². The summed E-state index contributed by atoms with van der Waals surface area (Å²) >= 11 is 4.95. The van der Waals surface area contributed by atoms with Crippen LogP contribution in [0.1, 0.15) is 24.8 Å². The van der Waals surface area contributed by atoms with E-state index in [0.717, 1.165) is 30.8 Å². The van der Waals surface area contributed by atoms with E-state index in [0.29, 0.717) is 17.6 Å². The van der Waals surface area contributed by atoms with Crippen molar-refractivity contribution in [1.29, 1.82) is 0 Å². The molecular weight excluding hydrogens is 272 g/mol. The van der Waals surface area contributed by atoms with Gasteiger partial charge in [-0.2, -0.15) is 0 Å². The summed E-state index contributed by atoms with van der Waals surface area (Å²) in [6, 6.07) is 8.24. The van der Waals surface area contributed by atoms with Crippen LogP contribution in [0.3, 0.4) is 0 Å². The second kappa shape index (κ2) is 7.57. The molecule has 20 heavy (non-hydrogen) atoms. The Kier molecular flexibility index (Phi) is 5.76. The zero-order valence-electron chi connectivity index (χ0n) is 11.6. The van der Waals surface area contributed by atoms with Crippen molar-refractivity contribution >= 4 is 17.2 Å². The van der Waals surface area contributed by atoms with E-state index in [4.69, 9.17) is 27.8 Å². The molecule has 0 aliphatic heterocycles. The van der Waals surface area contributed by atoms with Crippen LogP contribution in [0.4, 0.5) is 0 Å². The third kappa shape index (κ3) is 4.74. The van der Waals surface area contributed by atoms with E-state index in [2.05, 4.69) is 4.90 Å². The van der Waals surface area contributed by atoms with Crippen LogP contribution in [0.5, 0.6) is 5.75 Å². The van der Waals surface area contributed by atoms with Gasteiger partial charge in [-0.15, -0.1) is 0 Å². The summed E-state index contributed by atoms with van der Waals surface area (Å²) in [6.45, 7) is 2.63. The number of rotatable bonds is 9. The molecule has 0 unspecified atom stereocenters. The normalized spacial score (nSPS) is 14.5. The average Bonchev–Trinajstić information content (AvgIpc) is 3.27. The van der Waals surface area contributed by atoms with Gasteiger partial charge in [0.15, 0.2) is 0 Å². The average molecular weight is 294 g/mol. The summed E-state index contributed by atoms with van der Waals surface area (Å²) in [4.78, 5) is 2.73. The van der Waals surface area contributed by atoms with Gasteiger partial charge in [-0.3, -0.25) is 4.90 Å². The number of hydrogen-bond acceptors (Lipinski definition) is 4. The molecule has 1 fully saturated rings. The van der Waals surface area contributed by atoms with Crippen molar-refractivity contribution in [3.05, 3.63) is 29.8 Å². The summed E-state index contributed by atoms with van der Waals surface area (Å²) in [5.41, 5.74) is 6.43. The van der Waals surface area contributed by atoms with Gasteiger partial charge in [0, 0.05) is 24.7 Å². The monoisotopic (exact) mass is 294 g/mol. The van der Waals surface area contributed by atoms with Crippen LogP contribution in [0.15, 0.2) is 24.3 Å². The second-order valence-electron chi connectivity index (χ2n) is 5.08. The highest BCUT2D eigenvalue weighted by molar-refractivity contribution is 7.80. The predicted octanol–water partition coefficient (Wildman–Crippen LogP) is 1.55. The van der Waals surface area contributed by atoms with Crippen LogP contribution in [0.2, 0.25) is 0 Å². The van der Waals surface area contributed by atoms with Crippen molar-refractivity contribution in [1.82, 2.24) is 4.90 Å². The molecule has 110 valence electrons. The summed E-state index contributed by atoms with van der Waals surface area (Å²) in [6.07, 6.45) is 3.47. The van der Waals surface area contributed by atoms with Crippen molar-refractivity contribution in [2.24, 2.45) is 5.73 Å². The first-order valence-electron chi connectivity index (χ1n) is 7.08. The van der Waals surface area contributed by atoms with Gasteiger partial charge in [-0.1, -0.05) is 24.4 Å². The molecular formula is C15H22N2O2S. The number of nitrogens with zero attached hydrogens (tertiary/aromatic N) is 1. The first-order chi connectivity index (χ1) is 9.70. The molecule has 0 heterocycles. The molecule has 1 aliphatic rings. The molecule has 3 N–H and O–H groups in total. The van der Waals surface area contributed by atoms with Crippen LogP contribution in [0.25, 0.3) is 0 Å². The minimum atomic E-state index is 0.230. The number of thiocarbonyl (C=S) groups is 1. The number of nitrogens with two attached hydrogens (primary N) is 1. The van der Waals surface area contributed by atoms with E-state index < -0.39 is 0 Å². The third-order valence-electron chi connectivity index (χ3n) is 3.43. The number of benzene rings is 1. The van der Waals surface area contributed by atoms with Crippen molar-refractivity contribution in [2.45, 2.75) is 25.3 Å². The highest BCUT2D eigenvalue weighted by Gasteiger charge is 2.27. The fourth-order valence-corrected chi connectivity index (χ4v) is 2.37. The number of ether oxygens (including phenoxy) is 1. The Balaban J connectivity index is 1.72. The molecule has 0 radical (unpaired) electrons.